The Morgan fingerprint density at radius 1 is 1.52 bits per heavy atom. The molecular weight excluding hydrogens is 302 g/mol. The van der Waals surface area contributed by atoms with Crippen LogP contribution in [0.25, 0.3) is 0 Å². The highest BCUT2D eigenvalue weighted by molar-refractivity contribution is 6.29. The summed E-state index contributed by atoms with van der Waals surface area (Å²) in [6, 6.07) is 1.65. The fourth-order valence-corrected chi connectivity index (χ4v) is 2.84. The van der Waals surface area contributed by atoms with Gasteiger partial charge in [0.2, 0.25) is 0 Å². The molecule has 0 aliphatic carbocycles. The second-order valence-electron chi connectivity index (χ2n) is 4.97. The minimum atomic E-state index is -2.44. The van der Waals surface area contributed by atoms with Gasteiger partial charge in [-0.05, 0) is 18.6 Å². The maximum Gasteiger partial charge on any atom is 0.260 e. The SMILES string of the molecule is Cc1cc(Cl)nc2c1C(=O)N(C1=CN(CC(F)F)NC1)C2. The second-order valence-corrected chi connectivity index (χ2v) is 5.36. The minimum absolute atomic E-state index is 0.168. The van der Waals surface area contributed by atoms with Crippen LogP contribution in [0, 0.1) is 6.92 Å². The quantitative estimate of drug-likeness (QED) is 0.866. The molecule has 1 N–H and O–H groups in total. The summed E-state index contributed by atoms with van der Waals surface area (Å²) in [4.78, 5) is 18.2. The van der Waals surface area contributed by atoms with Crippen LogP contribution in [-0.4, -0.2) is 40.3 Å². The van der Waals surface area contributed by atoms with Crippen molar-refractivity contribution in [2.75, 3.05) is 13.1 Å². The van der Waals surface area contributed by atoms with Gasteiger partial charge in [-0.25, -0.2) is 19.2 Å². The summed E-state index contributed by atoms with van der Waals surface area (Å²) in [5, 5.41) is 1.64. The molecule has 1 amide bonds. The highest BCUT2D eigenvalue weighted by Gasteiger charge is 2.34. The van der Waals surface area contributed by atoms with Crippen molar-refractivity contribution in [2.24, 2.45) is 0 Å². The van der Waals surface area contributed by atoms with Crippen LogP contribution in [0.15, 0.2) is 18.0 Å². The zero-order valence-electron chi connectivity index (χ0n) is 11.2. The normalized spacial score (nSPS) is 17.8. The Kier molecular flexibility index (Phi) is 3.54. The third-order valence-corrected chi connectivity index (χ3v) is 3.67. The summed E-state index contributed by atoms with van der Waals surface area (Å²) in [6.07, 6.45) is -0.908. The minimum Gasteiger partial charge on any atom is -0.308 e. The van der Waals surface area contributed by atoms with Gasteiger partial charge in [0.25, 0.3) is 12.3 Å². The summed E-state index contributed by atoms with van der Waals surface area (Å²) in [5.41, 5.74) is 5.40. The van der Waals surface area contributed by atoms with Crippen molar-refractivity contribution in [3.8, 4) is 0 Å². The van der Waals surface area contributed by atoms with Crippen LogP contribution in [-0.2, 0) is 6.54 Å². The van der Waals surface area contributed by atoms with Gasteiger partial charge in [-0.15, -0.1) is 0 Å². The third kappa shape index (κ3) is 2.58. The smallest absolute Gasteiger partial charge is 0.260 e. The molecule has 0 bridgehead atoms. The van der Waals surface area contributed by atoms with E-state index in [0.29, 0.717) is 35.2 Å². The summed E-state index contributed by atoms with van der Waals surface area (Å²) in [7, 11) is 0. The van der Waals surface area contributed by atoms with Crippen LogP contribution >= 0.6 is 11.6 Å². The molecule has 0 saturated heterocycles. The number of pyridine rings is 1. The molecule has 0 spiro atoms. The lowest BCUT2D eigenvalue weighted by atomic mass is 10.1. The highest BCUT2D eigenvalue weighted by atomic mass is 35.5. The molecule has 5 nitrogen and oxygen atoms in total. The number of aryl methyl sites for hydroxylation is 1. The zero-order chi connectivity index (χ0) is 15.1. The van der Waals surface area contributed by atoms with E-state index in [1.165, 1.54) is 11.2 Å². The molecule has 0 fully saturated rings. The van der Waals surface area contributed by atoms with Gasteiger partial charge in [-0.3, -0.25) is 4.79 Å². The van der Waals surface area contributed by atoms with Gasteiger partial charge in [-0.1, -0.05) is 11.6 Å². The number of hydrogen-bond acceptors (Lipinski definition) is 4. The fraction of sp³-hybridized carbons (Fsp3) is 0.385. The number of carbonyl (C=O) groups is 1. The third-order valence-electron chi connectivity index (χ3n) is 3.48. The number of rotatable bonds is 3. The molecular formula is C13H13ClF2N4O. The van der Waals surface area contributed by atoms with Gasteiger partial charge in [0.05, 0.1) is 36.6 Å². The maximum atomic E-state index is 12.5. The lowest BCUT2D eigenvalue weighted by molar-refractivity contribution is 0.0824. The van der Waals surface area contributed by atoms with Gasteiger partial charge in [0.15, 0.2) is 0 Å². The topological polar surface area (TPSA) is 48.5 Å². The maximum absolute atomic E-state index is 12.5. The summed E-state index contributed by atoms with van der Waals surface area (Å²) < 4.78 is 24.7. The predicted octanol–water partition coefficient (Wildman–Crippen LogP) is 1.93. The van der Waals surface area contributed by atoms with Gasteiger partial charge in [0, 0.05) is 6.20 Å². The first-order valence-electron chi connectivity index (χ1n) is 6.42. The molecule has 1 aromatic rings. The van der Waals surface area contributed by atoms with Gasteiger partial charge in [-0.2, -0.15) is 0 Å². The predicted molar refractivity (Wildman–Crippen MR) is 72.7 cm³/mol. The van der Waals surface area contributed by atoms with E-state index in [9.17, 15) is 13.6 Å². The molecule has 0 aromatic carbocycles. The Balaban J connectivity index is 1.84. The highest BCUT2D eigenvalue weighted by Crippen LogP contribution is 2.29. The molecule has 8 heteroatoms. The number of hydrazine groups is 1. The van der Waals surface area contributed by atoms with Crippen LogP contribution in [0.1, 0.15) is 21.6 Å². The van der Waals surface area contributed by atoms with E-state index >= 15 is 0 Å². The summed E-state index contributed by atoms with van der Waals surface area (Å²) >= 11 is 5.90. The molecule has 3 rings (SSSR count). The molecule has 2 aliphatic heterocycles. The van der Waals surface area contributed by atoms with Gasteiger partial charge in [0.1, 0.15) is 5.15 Å². The Labute approximate surface area is 125 Å². The van der Waals surface area contributed by atoms with E-state index in [1.807, 2.05) is 0 Å². The monoisotopic (exact) mass is 314 g/mol. The first-order chi connectivity index (χ1) is 9.95. The standard InChI is InChI=1S/C13H13ClF2N4O/c1-7-2-10(14)18-9-5-20(13(21)12(7)9)8-3-17-19(4-8)6-11(15)16/h2,4,11,17H,3,5-6H2,1H3. The number of amides is 1. The van der Waals surface area contributed by atoms with Crippen molar-refractivity contribution >= 4 is 17.5 Å². The lowest BCUT2D eigenvalue weighted by Gasteiger charge is -2.15. The van der Waals surface area contributed by atoms with Crippen molar-refractivity contribution < 1.29 is 13.6 Å². The number of nitrogens with zero attached hydrogens (tertiary/aromatic N) is 3. The molecule has 2 aliphatic rings. The van der Waals surface area contributed by atoms with Gasteiger partial charge >= 0.3 is 0 Å². The first kappa shape index (κ1) is 14.2. The van der Waals surface area contributed by atoms with E-state index in [4.69, 9.17) is 11.6 Å². The number of carbonyl (C=O) groups excluding carboxylic acids is 1. The van der Waals surface area contributed by atoms with E-state index in [0.717, 1.165) is 5.56 Å². The summed E-state index contributed by atoms with van der Waals surface area (Å²) in [5.74, 6) is -0.168. The van der Waals surface area contributed by atoms with Gasteiger partial charge < -0.3 is 9.91 Å². The lowest BCUT2D eigenvalue weighted by Crippen LogP contribution is -2.33. The molecule has 112 valence electrons. The summed E-state index contributed by atoms with van der Waals surface area (Å²) in [6.45, 7) is 2.03. The van der Waals surface area contributed by atoms with Crippen LogP contribution in [0.4, 0.5) is 8.78 Å². The number of aromatic nitrogens is 1. The number of halogens is 3. The van der Waals surface area contributed by atoms with Crippen LogP contribution in [0.5, 0.6) is 0 Å². The van der Waals surface area contributed by atoms with Crippen LogP contribution in [0.2, 0.25) is 5.15 Å². The van der Waals surface area contributed by atoms with Crippen molar-refractivity contribution in [3.63, 3.8) is 0 Å². The number of fused-ring (bicyclic) bond motifs is 1. The number of alkyl halides is 2. The largest absolute Gasteiger partial charge is 0.308 e. The molecule has 1 aromatic heterocycles. The van der Waals surface area contributed by atoms with Crippen molar-refractivity contribution in [1.82, 2.24) is 20.3 Å². The fourth-order valence-electron chi connectivity index (χ4n) is 2.58. The van der Waals surface area contributed by atoms with E-state index in [2.05, 4.69) is 10.4 Å². The Morgan fingerprint density at radius 2 is 2.29 bits per heavy atom. The molecule has 3 heterocycles. The van der Waals surface area contributed by atoms with E-state index in [-0.39, 0.29) is 5.91 Å². The van der Waals surface area contributed by atoms with E-state index < -0.39 is 13.0 Å². The van der Waals surface area contributed by atoms with Crippen molar-refractivity contribution in [3.05, 3.63) is 39.9 Å². The molecule has 0 atom stereocenters. The average Bonchev–Trinajstić information content (AvgIpc) is 2.93. The molecule has 0 radical (unpaired) electrons. The Hall–Kier alpha value is -1.73. The first-order valence-corrected chi connectivity index (χ1v) is 6.80. The van der Waals surface area contributed by atoms with Crippen LogP contribution in [0.3, 0.4) is 0 Å². The molecule has 0 saturated carbocycles. The van der Waals surface area contributed by atoms with Crippen molar-refractivity contribution in [1.29, 1.82) is 0 Å². The van der Waals surface area contributed by atoms with E-state index in [1.54, 1.807) is 17.9 Å². The zero-order valence-corrected chi connectivity index (χ0v) is 12.0. The number of nitrogens with one attached hydrogen (secondary N) is 1. The van der Waals surface area contributed by atoms with Crippen LogP contribution < -0.4 is 5.43 Å². The molecule has 21 heavy (non-hydrogen) atoms. The number of hydrogen-bond donors (Lipinski definition) is 1. The molecule has 0 unspecified atom stereocenters. The average molecular weight is 315 g/mol. The Bertz CT molecular complexity index is 635. The van der Waals surface area contributed by atoms with Crippen molar-refractivity contribution in [2.45, 2.75) is 19.9 Å². The Morgan fingerprint density at radius 3 is 3.00 bits per heavy atom. The second kappa shape index (κ2) is 5.23.